The monoisotopic (exact) mass is 197 g/mol. The lowest BCUT2D eigenvalue weighted by molar-refractivity contribution is 0.135. The van der Waals surface area contributed by atoms with E-state index in [1.54, 1.807) is 0 Å². The van der Waals surface area contributed by atoms with Crippen LogP contribution in [0.4, 0.5) is 0 Å². The maximum Gasteiger partial charge on any atom is 0.00991 e. The van der Waals surface area contributed by atoms with Crippen LogP contribution in [0.5, 0.6) is 0 Å². The third kappa shape index (κ3) is 4.00. The van der Waals surface area contributed by atoms with Crippen molar-refractivity contribution in [1.29, 1.82) is 0 Å². The Bertz CT molecular complexity index is 186. The molecule has 84 valence electrons. The first-order chi connectivity index (χ1) is 6.18. The summed E-state index contributed by atoms with van der Waals surface area (Å²) in [6.07, 6.45) is 4.06. The molecule has 1 N–H and O–H groups in total. The molecule has 2 unspecified atom stereocenters. The summed E-state index contributed by atoms with van der Waals surface area (Å²) >= 11 is 0. The van der Waals surface area contributed by atoms with Crippen LogP contribution < -0.4 is 5.32 Å². The summed E-state index contributed by atoms with van der Waals surface area (Å²) < 4.78 is 0. The van der Waals surface area contributed by atoms with Gasteiger partial charge in [-0.2, -0.15) is 0 Å². The fraction of sp³-hybridized carbons (Fsp3) is 1.00. The summed E-state index contributed by atoms with van der Waals surface area (Å²) in [5.74, 6) is 0.874. The molecule has 0 bridgehead atoms. The van der Waals surface area contributed by atoms with Gasteiger partial charge in [0.1, 0.15) is 0 Å². The van der Waals surface area contributed by atoms with Crippen LogP contribution in [0.1, 0.15) is 60.8 Å². The molecule has 1 aliphatic rings. The Labute approximate surface area is 89.7 Å². The van der Waals surface area contributed by atoms with Crippen molar-refractivity contribution in [3.63, 3.8) is 0 Å². The Morgan fingerprint density at radius 2 is 1.71 bits per heavy atom. The van der Waals surface area contributed by atoms with E-state index < -0.39 is 0 Å². The van der Waals surface area contributed by atoms with E-state index in [0.717, 1.165) is 5.92 Å². The van der Waals surface area contributed by atoms with Crippen molar-refractivity contribution in [2.45, 2.75) is 72.4 Å². The second-order valence-electron chi connectivity index (χ2n) is 7.00. The highest BCUT2D eigenvalue weighted by atomic mass is 15.0. The molecule has 14 heavy (non-hydrogen) atoms. The minimum atomic E-state index is 0.262. The van der Waals surface area contributed by atoms with Crippen LogP contribution >= 0.6 is 0 Å². The van der Waals surface area contributed by atoms with Gasteiger partial charge in [-0.3, -0.25) is 0 Å². The second-order valence-corrected chi connectivity index (χ2v) is 7.00. The van der Waals surface area contributed by atoms with Crippen LogP contribution in [-0.2, 0) is 0 Å². The zero-order valence-electron chi connectivity index (χ0n) is 10.8. The molecule has 1 nitrogen and oxygen atoms in total. The largest absolute Gasteiger partial charge is 0.309 e. The minimum Gasteiger partial charge on any atom is -0.309 e. The Morgan fingerprint density at radius 1 is 1.14 bits per heavy atom. The van der Waals surface area contributed by atoms with Gasteiger partial charge in [-0.25, -0.2) is 0 Å². The summed E-state index contributed by atoms with van der Waals surface area (Å²) in [7, 11) is 0. The van der Waals surface area contributed by atoms with E-state index in [-0.39, 0.29) is 5.54 Å². The van der Waals surface area contributed by atoms with Crippen molar-refractivity contribution in [2.75, 3.05) is 0 Å². The molecule has 0 aromatic rings. The van der Waals surface area contributed by atoms with E-state index in [1.807, 2.05) is 0 Å². The molecule has 0 aromatic carbocycles. The molecule has 0 saturated heterocycles. The van der Waals surface area contributed by atoms with Gasteiger partial charge in [-0.1, -0.05) is 20.8 Å². The summed E-state index contributed by atoms with van der Waals surface area (Å²) in [6.45, 7) is 14.0. The van der Waals surface area contributed by atoms with Crippen LogP contribution in [0.25, 0.3) is 0 Å². The first-order valence-corrected chi connectivity index (χ1v) is 5.96. The fourth-order valence-corrected chi connectivity index (χ4v) is 3.07. The van der Waals surface area contributed by atoms with E-state index >= 15 is 0 Å². The number of hydrogen-bond acceptors (Lipinski definition) is 1. The van der Waals surface area contributed by atoms with Crippen molar-refractivity contribution in [3.05, 3.63) is 0 Å². The van der Waals surface area contributed by atoms with Crippen molar-refractivity contribution in [1.82, 2.24) is 5.32 Å². The predicted octanol–water partition coefficient (Wildman–Crippen LogP) is 3.59. The van der Waals surface area contributed by atoms with Gasteiger partial charge in [-0.05, 0) is 51.4 Å². The van der Waals surface area contributed by atoms with Crippen molar-refractivity contribution in [3.8, 4) is 0 Å². The van der Waals surface area contributed by atoms with E-state index in [2.05, 4.69) is 46.9 Å². The first-order valence-electron chi connectivity index (χ1n) is 5.96. The van der Waals surface area contributed by atoms with Gasteiger partial charge in [0.25, 0.3) is 0 Å². The van der Waals surface area contributed by atoms with Crippen LogP contribution in [0, 0.1) is 11.3 Å². The lowest BCUT2D eigenvalue weighted by Crippen LogP contribution is -2.48. The highest BCUT2D eigenvalue weighted by molar-refractivity contribution is 4.89. The maximum absolute atomic E-state index is 3.74. The quantitative estimate of drug-likeness (QED) is 0.677. The molecular weight excluding hydrogens is 170 g/mol. The lowest BCUT2D eigenvalue weighted by atomic mass is 9.70. The maximum atomic E-state index is 3.74. The van der Waals surface area contributed by atoms with Gasteiger partial charge in [0.15, 0.2) is 0 Å². The molecule has 0 amide bonds. The normalized spacial score (nSPS) is 33.0. The van der Waals surface area contributed by atoms with Gasteiger partial charge in [0.05, 0.1) is 0 Å². The number of rotatable bonds is 1. The first kappa shape index (κ1) is 12.0. The Kier molecular flexibility index (Phi) is 3.30. The number of nitrogens with one attached hydrogen (secondary N) is 1. The summed E-state index contributed by atoms with van der Waals surface area (Å²) in [5.41, 5.74) is 0.790. The Balaban J connectivity index is 2.54. The van der Waals surface area contributed by atoms with Crippen LogP contribution in [0.3, 0.4) is 0 Å². The minimum absolute atomic E-state index is 0.262. The SMILES string of the molecule is CC1CC(NC(C)(C)C)CC(C)(C)C1. The van der Waals surface area contributed by atoms with Crippen molar-refractivity contribution < 1.29 is 0 Å². The fourth-order valence-electron chi connectivity index (χ4n) is 3.07. The van der Waals surface area contributed by atoms with Crippen molar-refractivity contribution in [2.24, 2.45) is 11.3 Å². The molecule has 0 aromatic heterocycles. The van der Waals surface area contributed by atoms with E-state index in [1.165, 1.54) is 19.3 Å². The summed E-state index contributed by atoms with van der Waals surface area (Å²) in [6, 6.07) is 0.716. The van der Waals surface area contributed by atoms with Crippen LogP contribution in [-0.4, -0.2) is 11.6 Å². The number of hydrogen-bond donors (Lipinski definition) is 1. The predicted molar refractivity (Wildman–Crippen MR) is 63.5 cm³/mol. The van der Waals surface area contributed by atoms with Crippen LogP contribution in [0.15, 0.2) is 0 Å². The average molecular weight is 197 g/mol. The Hall–Kier alpha value is -0.0400. The zero-order valence-corrected chi connectivity index (χ0v) is 10.8. The van der Waals surface area contributed by atoms with E-state index in [4.69, 9.17) is 0 Å². The van der Waals surface area contributed by atoms with Gasteiger partial charge >= 0.3 is 0 Å². The zero-order chi connectivity index (χ0) is 11.0. The third-order valence-corrected chi connectivity index (χ3v) is 3.02. The third-order valence-electron chi connectivity index (χ3n) is 3.02. The smallest absolute Gasteiger partial charge is 0.00991 e. The molecule has 0 spiro atoms. The Morgan fingerprint density at radius 3 is 2.14 bits per heavy atom. The van der Waals surface area contributed by atoms with Gasteiger partial charge in [0.2, 0.25) is 0 Å². The molecule has 0 heterocycles. The van der Waals surface area contributed by atoms with E-state index in [0.29, 0.717) is 11.5 Å². The van der Waals surface area contributed by atoms with Gasteiger partial charge in [-0.15, -0.1) is 0 Å². The van der Waals surface area contributed by atoms with Crippen molar-refractivity contribution >= 4 is 0 Å². The van der Waals surface area contributed by atoms with E-state index in [9.17, 15) is 0 Å². The van der Waals surface area contributed by atoms with Gasteiger partial charge < -0.3 is 5.32 Å². The average Bonchev–Trinajstić information content (AvgIpc) is 1.74. The molecule has 1 saturated carbocycles. The molecule has 2 atom stereocenters. The summed E-state index contributed by atoms with van der Waals surface area (Å²) in [4.78, 5) is 0. The topological polar surface area (TPSA) is 12.0 Å². The van der Waals surface area contributed by atoms with Crippen LogP contribution in [0.2, 0.25) is 0 Å². The molecule has 1 aliphatic carbocycles. The standard InChI is InChI=1S/C13H27N/c1-10-7-11(14-12(2,3)4)9-13(5,6)8-10/h10-11,14H,7-9H2,1-6H3. The molecule has 0 aliphatic heterocycles. The molecular formula is C13H27N. The molecule has 1 rings (SSSR count). The molecule has 1 fully saturated rings. The highest BCUT2D eigenvalue weighted by Gasteiger charge is 2.33. The highest BCUT2D eigenvalue weighted by Crippen LogP contribution is 2.38. The molecule has 1 heteroatoms. The van der Waals surface area contributed by atoms with Gasteiger partial charge in [0, 0.05) is 11.6 Å². The lowest BCUT2D eigenvalue weighted by Gasteiger charge is -2.42. The second kappa shape index (κ2) is 3.84. The molecule has 0 radical (unpaired) electrons. The summed E-state index contributed by atoms with van der Waals surface area (Å²) in [5, 5.41) is 3.74.